The summed E-state index contributed by atoms with van der Waals surface area (Å²) >= 11 is 5.78. The summed E-state index contributed by atoms with van der Waals surface area (Å²) in [5.74, 6) is 0.0458. The van der Waals surface area contributed by atoms with Gasteiger partial charge in [0.05, 0.1) is 24.6 Å². The number of hydrogen-bond acceptors (Lipinski definition) is 2. The van der Waals surface area contributed by atoms with Crippen LogP contribution >= 0.6 is 11.6 Å². The van der Waals surface area contributed by atoms with Crippen LogP contribution in [0, 0.1) is 17.1 Å². The van der Waals surface area contributed by atoms with Crippen molar-refractivity contribution in [2.75, 3.05) is 7.11 Å². The van der Waals surface area contributed by atoms with Crippen molar-refractivity contribution >= 4 is 11.6 Å². The maximum Gasteiger partial charge on any atom is 0.149 e. The highest BCUT2D eigenvalue weighted by atomic mass is 35.5. The molecule has 0 fully saturated rings. The molecule has 0 amide bonds. The smallest absolute Gasteiger partial charge is 0.149 e. The standard InChI is InChI=1S/C15H11ClFNO/c1-19-14-9-10(7-8-18)5-6-11(14)12-3-2-4-13(16)15(12)17/h2-6,9H,7H2,1H3. The van der Waals surface area contributed by atoms with Crippen molar-refractivity contribution in [2.45, 2.75) is 6.42 Å². The largest absolute Gasteiger partial charge is 0.496 e. The topological polar surface area (TPSA) is 33.0 Å². The Bertz CT molecular complexity index is 649. The first-order valence-corrected chi connectivity index (χ1v) is 6.03. The molecule has 2 aromatic carbocycles. The number of nitriles is 1. The van der Waals surface area contributed by atoms with E-state index in [0.29, 0.717) is 16.9 Å². The molecule has 0 aliphatic carbocycles. The molecule has 0 aromatic heterocycles. The Balaban J connectivity index is 2.56. The van der Waals surface area contributed by atoms with E-state index in [1.165, 1.54) is 13.2 Å². The quantitative estimate of drug-likeness (QED) is 0.840. The molecule has 4 heteroatoms. The third kappa shape index (κ3) is 2.69. The van der Waals surface area contributed by atoms with Gasteiger partial charge in [0.15, 0.2) is 0 Å². The molecular weight excluding hydrogens is 265 g/mol. The highest BCUT2D eigenvalue weighted by Crippen LogP contribution is 2.34. The number of nitrogens with zero attached hydrogens (tertiary/aromatic N) is 1. The van der Waals surface area contributed by atoms with E-state index in [2.05, 4.69) is 6.07 Å². The van der Waals surface area contributed by atoms with E-state index in [1.807, 2.05) is 0 Å². The molecule has 0 spiro atoms. The molecule has 0 saturated heterocycles. The van der Waals surface area contributed by atoms with Crippen molar-refractivity contribution in [1.82, 2.24) is 0 Å². The zero-order chi connectivity index (χ0) is 13.8. The third-order valence-electron chi connectivity index (χ3n) is 2.79. The Morgan fingerprint density at radius 3 is 2.74 bits per heavy atom. The molecule has 0 aliphatic rings. The monoisotopic (exact) mass is 275 g/mol. The van der Waals surface area contributed by atoms with Gasteiger partial charge in [-0.1, -0.05) is 35.9 Å². The molecule has 0 heterocycles. The summed E-state index contributed by atoms with van der Waals surface area (Å²) in [7, 11) is 1.51. The van der Waals surface area contributed by atoms with Crippen LogP contribution < -0.4 is 4.74 Å². The second kappa shape index (κ2) is 5.73. The Morgan fingerprint density at radius 1 is 1.26 bits per heavy atom. The number of hydrogen-bond donors (Lipinski definition) is 0. The van der Waals surface area contributed by atoms with Gasteiger partial charge in [-0.15, -0.1) is 0 Å². The Labute approximate surface area is 116 Å². The highest BCUT2D eigenvalue weighted by molar-refractivity contribution is 6.31. The van der Waals surface area contributed by atoms with Crippen LogP contribution in [0.15, 0.2) is 36.4 Å². The first kappa shape index (κ1) is 13.4. The van der Waals surface area contributed by atoms with Crippen LogP contribution in [0.1, 0.15) is 5.56 Å². The van der Waals surface area contributed by atoms with Crippen LogP contribution in [0.5, 0.6) is 5.75 Å². The summed E-state index contributed by atoms with van der Waals surface area (Å²) in [5, 5.41) is 8.75. The molecule has 2 nitrogen and oxygen atoms in total. The summed E-state index contributed by atoms with van der Waals surface area (Å²) in [4.78, 5) is 0. The van der Waals surface area contributed by atoms with Crippen molar-refractivity contribution < 1.29 is 9.13 Å². The summed E-state index contributed by atoms with van der Waals surface area (Å²) in [5.41, 5.74) is 1.82. The van der Waals surface area contributed by atoms with Crippen molar-refractivity contribution in [3.05, 3.63) is 52.8 Å². The molecular formula is C15H11ClFNO. The SMILES string of the molecule is COc1cc(CC#N)ccc1-c1cccc(Cl)c1F. The fourth-order valence-corrected chi connectivity index (χ4v) is 2.05. The molecule has 19 heavy (non-hydrogen) atoms. The summed E-state index contributed by atoms with van der Waals surface area (Å²) in [6, 6.07) is 12.1. The van der Waals surface area contributed by atoms with Crippen molar-refractivity contribution in [2.24, 2.45) is 0 Å². The van der Waals surface area contributed by atoms with Gasteiger partial charge in [0, 0.05) is 11.1 Å². The van der Waals surface area contributed by atoms with Gasteiger partial charge in [-0.05, 0) is 17.7 Å². The van der Waals surface area contributed by atoms with Gasteiger partial charge in [0.1, 0.15) is 11.6 Å². The Kier molecular flexibility index (Phi) is 4.03. The molecule has 0 radical (unpaired) electrons. The molecule has 0 unspecified atom stereocenters. The van der Waals surface area contributed by atoms with Crippen LogP contribution in [0.2, 0.25) is 5.02 Å². The molecule has 0 atom stereocenters. The number of rotatable bonds is 3. The molecule has 0 bridgehead atoms. The second-order valence-electron chi connectivity index (χ2n) is 3.97. The van der Waals surface area contributed by atoms with Gasteiger partial charge >= 0.3 is 0 Å². The normalized spacial score (nSPS) is 10.0. The molecule has 2 aromatic rings. The Hall–Kier alpha value is -2.05. The number of methoxy groups -OCH3 is 1. The second-order valence-corrected chi connectivity index (χ2v) is 4.38. The van der Waals surface area contributed by atoms with Gasteiger partial charge in [0.2, 0.25) is 0 Å². The molecule has 2 rings (SSSR count). The van der Waals surface area contributed by atoms with Crippen LogP contribution in [-0.4, -0.2) is 7.11 Å². The molecule has 0 aliphatic heterocycles. The van der Waals surface area contributed by atoms with Gasteiger partial charge in [0.25, 0.3) is 0 Å². The lowest BCUT2D eigenvalue weighted by atomic mass is 10.0. The lowest BCUT2D eigenvalue weighted by Gasteiger charge is -2.11. The number of benzene rings is 2. The van der Waals surface area contributed by atoms with Crippen molar-refractivity contribution in [1.29, 1.82) is 5.26 Å². The highest BCUT2D eigenvalue weighted by Gasteiger charge is 2.13. The van der Waals surface area contributed by atoms with E-state index in [-0.39, 0.29) is 11.4 Å². The fraction of sp³-hybridized carbons (Fsp3) is 0.133. The zero-order valence-electron chi connectivity index (χ0n) is 10.3. The number of halogens is 2. The van der Waals surface area contributed by atoms with Gasteiger partial charge < -0.3 is 4.74 Å². The van der Waals surface area contributed by atoms with Crippen molar-refractivity contribution in [3.8, 4) is 22.9 Å². The predicted octanol–water partition coefficient (Wildman–Crippen LogP) is 4.22. The predicted molar refractivity (Wildman–Crippen MR) is 72.7 cm³/mol. The van der Waals surface area contributed by atoms with Crippen molar-refractivity contribution in [3.63, 3.8) is 0 Å². The van der Waals surface area contributed by atoms with Gasteiger partial charge in [-0.25, -0.2) is 4.39 Å². The minimum atomic E-state index is -0.476. The minimum absolute atomic E-state index is 0.0701. The average Bonchev–Trinajstić information content (AvgIpc) is 2.42. The lowest BCUT2D eigenvalue weighted by molar-refractivity contribution is 0.415. The third-order valence-corrected chi connectivity index (χ3v) is 3.08. The van der Waals surface area contributed by atoms with Gasteiger partial charge in [-0.2, -0.15) is 5.26 Å². The van der Waals surface area contributed by atoms with Crippen LogP contribution in [0.25, 0.3) is 11.1 Å². The average molecular weight is 276 g/mol. The van der Waals surface area contributed by atoms with E-state index in [1.54, 1.807) is 30.3 Å². The van der Waals surface area contributed by atoms with E-state index in [9.17, 15) is 4.39 Å². The van der Waals surface area contributed by atoms with Crippen LogP contribution in [0.4, 0.5) is 4.39 Å². The van der Waals surface area contributed by atoms with Gasteiger partial charge in [-0.3, -0.25) is 0 Å². The zero-order valence-corrected chi connectivity index (χ0v) is 11.0. The first-order chi connectivity index (χ1) is 9.17. The Morgan fingerprint density at radius 2 is 2.05 bits per heavy atom. The minimum Gasteiger partial charge on any atom is -0.496 e. The van der Waals surface area contributed by atoms with Crippen LogP contribution in [0.3, 0.4) is 0 Å². The van der Waals surface area contributed by atoms with Crippen LogP contribution in [-0.2, 0) is 6.42 Å². The fourth-order valence-electron chi connectivity index (χ4n) is 1.87. The lowest BCUT2D eigenvalue weighted by Crippen LogP contribution is -1.93. The summed E-state index contributed by atoms with van der Waals surface area (Å²) in [6.07, 6.45) is 0.286. The molecule has 0 saturated carbocycles. The first-order valence-electron chi connectivity index (χ1n) is 5.65. The summed E-state index contributed by atoms with van der Waals surface area (Å²) in [6.45, 7) is 0. The maximum absolute atomic E-state index is 14.0. The number of ether oxygens (including phenoxy) is 1. The summed E-state index contributed by atoms with van der Waals surface area (Å²) < 4.78 is 19.3. The van der Waals surface area contributed by atoms with E-state index in [4.69, 9.17) is 21.6 Å². The molecule has 96 valence electrons. The van der Waals surface area contributed by atoms with E-state index in [0.717, 1.165) is 5.56 Å². The van der Waals surface area contributed by atoms with E-state index >= 15 is 0 Å². The maximum atomic E-state index is 14.0. The molecule has 0 N–H and O–H groups in total. The van der Waals surface area contributed by atoms with E-state index < -0.39 is 5.82 Å².